The third-order valence-corrected chi connectivity index (χ3v) is 3.31. The summed E-state index contributed by atoms with van der Waals surface area (Å²) >= 11 is 3.26. The van der Waals surface area contributed by atoms with Gasteiger partial charge in [0.1, 0.15) is 5.75 Å². The monoisotopic (exact) mass is 287 g/mol. The number of aliphatic imine (C=N–C) groups is 1. The van der Waals surface area contributed by atoms with Gasteiger partial charge in [-0.05, 0) is 18.2 Å². The van der Waals surface area contributed by atoms with Gasteiger partial charge in [0, 0.05) is 10.7 Å². The topological polar surface area (TPSA) is 55.7 Å². The average molecular weight is 288 g/mol. The second-order valence-electron chi connectivity index (χ2n) is 2.78. The van der Waals surface area contributed by atoms with Crippen LogP contribution in [0.1, 0.15) is 0 Å². The zero-order chi connectivity index (χ0) is 10.9. The van der Waals surface area contributed by atoms with Gasteiger partial charge in [-0.25, -0.2) is 13.4 Å². The molecule has 1 aromatic rings. The molecule has 0 radical (unpaired) electrons. The molecule has 1 aliphatic rings. The SMILES string of the molecule is O=S1(=O)C=CN=C1Oc1cccc(Br)c1. The molecule has 2 rings (SSSR count). The summed E-state index contributed by atoms with van der Waals surface area (Å²) in [7, 11) is -3.47. The summed E-state index contributed by atoms with van der Waals surface area (Å²) in [6, 6.07) is 6.88. The van der Waals surface area contributed by atoms with Crippen LogP contribution in [0.2, 0.25) is 0 Å². The van der Waals surface area contributed by atoms with Gasteiger partial charge in [-0.1, -0.05) is 22.0 Å². The first kappa shape index (κ1) is 10.4. The Morgan fingerprint density at radius 3 is 2.73 bits per heavy atom. The minimum atomic E-state index is -3.47. The number of rotatable bonds is 1. The zero-order valence-electron chi connectivity index (χ0n) is 7.42. The molecular formula is C9H6BrNO3S. The second kappa shape index (κ2) is 3.79. The van der Waals surface area contributed by atoms with E-state index in [0.717, 1.165) is 9.88 Å². The summed E-state index contributed by atoms with van der Waals surface area (Å²) in [5.74, 6) is 0.426. The average Bonchev–Trinajstić information content (AvgIpc) is 2.46. The molecule has 0 N–H and O–H groups in total. The van der Waals surface area contributed by atoms with Crippen LogP contribution in [0.25, 0.3) is 0 Å². The Hall–Kier alpha value is -1.14. The predicted molar refractivity (Wildman–Crippen MR) is 60.3 cm³/mol. The fraction of sp³-hybridized carbons (Fsp3) is 0. The van der Waals surface area contributed by atoms with Crippen molar-refractivity contribution in [3.05, 3.63) is 40.3 Å². The molecule has 0 saturated carbocycles. The lowest BCUT2D eigenvalue weighted by Crippen LogP contribution is -2.15. The predicted octanol–water partition coefficient (Wildman–Crippen LogP) is 2.08. The fourth-order valence-corrected chi connectivity index (χ4v) is 2.15. The molecule has 0 atom stereocenters. The highest BCUT2D eigenvalue weighted by Gasteiger charge is 2.22. The van der Waals surface area contributed by atoms with Gasteiger partial charge in [0.05, 0.1) is 5.41 Å². The highest BCUT2D eigenvalue weighted by atomic mass is 79.9. The van der Waals surface area contributed by atoms with Gasteiger partial charge in [0.25, 0.3) is 9.84 Å². The molecule has 0 bridgehead atoms. The van der Waals surface area contributed by atoms with E-state index in [-0.39, 0.29) is 5.23 Å². The molecule has 15 heavy (non-hydrogen) atoms. The van der Waals surface area contributed by atoms with E-state index in [9.17, 15) is 8.42 Å². The molecule has 78 valence electrons. The van der Waals surface area contributed by atoms with Crippen molar-refractivity contribution in [2.24, 2.45) is 4.99 Å². The third kappa shape index (κ3) is 2.27. The molecule has 1 aliphatic heterocycles. The van der Waals surface area contributed by atoms with Crippen molar-refractivity contribution in [1.29, 1.82) is 0 Å². The first-order chi connectivity index (χ1) is 7.08. The van der Waals surface area contributed by atoms with Crippen LogP contribution in [0.3, 0.4) is 0 Å². The number of ether oxygens (including phenoxy) is 1. The summed E-state index contributed by atoms with van der Waals surface area (Å²) in [6.07, 6.45) is 1.20. The van der Waals surface area contributed by atoms with Crippen LogP contribution in [0.4, 0.5) is 0 Å². The van der Waals surface area contributed by atoms with Crippen molar-refractivity contribution in [3.8, 4) is 5.75 Å². The van der Waals surface area contributed by atoms with Gasteiger partial charge in [-0.2, -0.15) is 0 Å². The standard InChI is InChI=1S/C9H6BrNO3S/c10-7-2-1-3-8(6-7)14-9-11-4-5-15(9,12)13/h1-6H. The normalized spacial score (nSPS) is 17.5. The van der Waals surface area contributed by atoms with Gasteiger partial charge in [0.2, 0.25) is 0 Å². The molecule has 6 heteroatoms. The van der Waals surface area contributed by atoms with Gasteiger partial charge in [0.15, 0.2) is 0 Å². The minimum absolute atomic E-state index is 0.291. The van der Waals surface area contributed by atoms with Crippen LogP contribution in [-0.4, -0.2) is 13.6 Å². The van der Waals surface area contributed by atoms with Crippen molar-refractivity contribution in [2.75, 3.05) is 0 Å². The van der Waals surface area contributed by atoms with E-state index in [2.05, 4.69) is 20.9 Å². The first-order valence-electron chi connectivity index (χ1n) is 4.01. The van der Waals surface area contributed by atoms with E-state index in [1.807, 2.05) is 6.07 Å². The quantitative estimate of drug-likeness (QED) is 0.795. The van der Waals surface area contributed by atoms with Gasteiger partial charge < -0.3 is 4.74 Å². The smallest absolute Gasteiger partial charge is 0.319 e. The number of hydrogen-bond donors (Lipinski definition) is 0. The van der Waals surface area contributed by atoms with E-state index in [1.165, 1.54) is 6.20 Å². The molecule has 0 amide bonds. The Kier molecular flexibility index (Phi) is 2.62. The Bertz CT molecular complexity index is 548. The number of hydrogen-bond acceptors (Lipinski definition) is 4. The van der Waals surface area contributed by atoms with Crippen molar-refractivity contribution in [3.63, 3.8) is 0 Å². The zero-order valence-corrected chi connectivity index (χ0v) is 9.82. The lowest BCUT2D eigenvalue weighted by molar-refractivity contribution is 0.549. The van der Waals surface area contributed by atoms with Crippen LogP contribution in [0, 0.1) is 0 Å². The van der Waals surface area contributed by atoms with Crippen molar-refractivity contribution in [2.45, 2.75) is 0 Å². The Morgan fingerprint density at radius 2 is 2.13 bits per heavy atom. The Labute approximate surface area is 95.3 Å². The molecule has 0 aromatic heterocycles. The number of nitrogens with zero attached hydrogens (tertiary/aromatic N) is 1. The van der Waals surface area contributed by atoms with Crippen molar-refractivity contribution in [1.82, 2.24) is 0 Å². The summed E-state index contributed by atoms with van der Waals surface area (Å²) in [5, 5.41) is 0.709. The summed E-state index contributed by atoms with van der Waals surface area (Å²) in [5.41, 5.74) is 0. The Morgan fingerprint density at radius 1 is 1.33 bits per heavy atom. The second-order valence-corrected chi connectivity index (χ2v) is 5.41. The van der Waals surface area contributed by atoms with E-state index < -0.39 is 9.84 Å². The number of halogens is 1. The molecule has 0 unspecified atom stereocenters. The maximum Gasteiger partial charge on any atom is 0.319 e. The van der Waals surface area contributed by atoms with Crippen molar-refractivity contribution < 1.29 is 13.2 Å². The van der Waals surface area contributed by atoms with E-state index >= 15 is 0 Å². The number of sulfone groups is 1. The lowest BCUT2D eigenvalue weighted by Gasteiger charge is -2.04. The molecular weight excluding hydrogens is 282 g/mol. The van der Waals surface area contributed by atoms with Gasteiger partial charge in [-0.15, -0.1) is 0 Å². The van der Waals surface area contributed by atoms with Gasteiger partial charge in [-0.3, -0.25) is 0 Å². The van der Waals surface area contributed by atoms with E-state index in [0.29, 0.717) is 5.75 Å². The van der Waals surface area contributed by atoms with E-state index in [4.69, 9.17) is 4.74 Å². The maximum atomic E-state index is 11.3. The number of benzene rings is 1. The molecule has 0 saturated heterocycles. The van der Waals surface area contributed by atoms with Crippen LogP contribution in [0.15, 0.2) is 45.3 Å². The van der Waals surface area contributed by atoms with E-state index in [1.54, 1.807) is 18.2 Å². The molecule has 0 spiro atoms. The highest BCUT2D eigenvalue weighted by Crippen LogP contribution is 2.20. The molecule has 1 aromatic carbocycles. The molecule has 0 fully saturated rings. The summed E-state index contributed by atoms with van der Waals surface area (Å²) < 4.78 is 28.5. The summed E-state index contributed by atoms with van der Waals surface area (Å²) in [4.78, 5) is 3.62. The van der Waals surface area contributed by atoms with Crippen LogP contribution in [-0.2, 0) is 9.84 Å². The molecule has 1 heterocycles. The lowest BCUT2D eigenvalue weighted by atomic mass is 10.3. The highest BCUT2D eigenvalue weighted by molar-refractivity contribution is 9.10. The minimum Gasteiger partial charge on any atom is -0.430 e. The van der Waals surface area contributed by atoms with Crippen LogP contribution in [0.5, 0.6) is 5.75 Å². The largest absolute Gasteiger partial charge is 0.430 e. The van der Waals surface area contributed by atoms with Crippen LogP contribution >= 0.6 is 15.9 Å². The maximum absolute atomic E-state index is 11.3. The molecule has 0 aliphatic carbocycles. The fourth-order valence-electron chi connectivity index (χ4n) is 1.02. The van der Waals surface area contributed by atoms with Crippen LogP contribution < -0.4 is 4.74 Å². The molecule has 4 nitrogen and oxygen atoms in total. The Balaban J connectivity index is 2.25. The summed E-state index contributed by atoms with van der Waals surface area (Å²) in [6.45, 7) is 0. The van der Waals surface area contributed by atoms with Crippen molar-refractivity contribution >= 4 is 31.0 Å². The van der Waals surface area contributed by atoms with Gasteiger partial charge >= 0.3 is 5.23 Å². The first-order valence-corrected chi connectivity index (χ1v) is 6.35. The third-order valence-electron chi connectivity index (χ3n) is 1.66.